The zero-order chi connectivity index (χ0) is 13.1. The molecule has 3 aromatic rings. The van der Waals surface area contributed by atoms with Crippen molar-refractivity contribution in [2.75, 3.05) is 5.32 Å². The SMILES string of the molecule is N#Cc1ccc(CNc2ccc3ncccc3c2)o1. The Kier molecular flexibility index (Phi) is 2.87. The third kappa shape index (κ3) is 2.40. The van der Waals surface area contributed by atoms with Crippen molar-refractivity contribution in [2.45, 2.75) is 6.54 Å². The highest BCUT2D eigenvalue weighted by atomic mass is 16.3. The molecule has 0 saturated heterocycles. The van der Waals surface area contributed by atoms with Crippen molar-refractivity contribution >= 4 is 16.6 Å². The minimum Gasteiger partial charge on any atom is -0.449 e. The first-order chi connectivity index (χ1) is 9.35. The topological polar surface area (TPSA) is 61.9 Å². The number of aromatic nitrogens is 1. The van der Waals surface area contributed by atoms with Crippen molar-refractivity contribution in [3.63, 3.8) is 0 Å². The zero-order valence-corrected chi connectivity index (χ0v) is 10.1. The number of fused-ring (bicyclic) bond motifs is 1. The van der Waals surface area contributed by atoms with E-state index < -0.39 is 0 Å². The van der Waals surface area contributed by atoms with Crippen LogP contribution in [0.3, 0.4) is 0 Å². The predicted molar refractivity (Wildman–Crippen MR) is 72.5 cm³/mol. The lowest BCUT2D eigenvalue weighted by atomic mass is 10.2. The molecule has 0 aliphatic rings. The fraction of sp³-hybridized carbons (Fsp3) is 0.0667. The fourth-order valence-electron chi connectivity index (χ4n) is 1.91. The largest absolute Gasteiger partial charge is 0.449 e. The normalized spacial score (nSPS) is 10.3. The summed E-state index contributed by atoms with van der Waals surface area (Å²) in [6, 6.07) is 15.4. The number of furan rings is 1. The van der Waals surface area contributed by atoms with Crippen LogP contribution in [0.25, 0.3) is 10.9 Å². The van der Waals surface area contributed by atoms with E-state index >= 15 is 0 Å². The summed E-state index contributed by atoms with van der Waals surface area (Å²) in [4.78, 5) is 4.27. The van der Waals surface area contributed by atoms with Crippen LogP contribution in [0.5, 0.6) is 0 Å². The minimum atomic E-state index is 0.333. The van der Waals surface area contributed by atoms with Gasteiger partial charge in [0, 0.05) is 17.3 Å². The highest BCUT2D eigenvalue weighted by molar-refractivity contribution is 5.82. The van der Waals surface area contributed by atoms with Gasteiger partial charge in [0.05, 0.1) is 12.1 Å². The maximum absolute atomic E-state index is 8.68. The third-order valence-corrected chi connectivity index (χ3v) is 2.84. The van der Waals surface area contributed by atoms with Gasteiger partial charge in [-0.2, -0.15) is 5.26 Å². The molecular formula is C15H11N3O. The maximum Gasteiger partial charge on any atom is 0.203 e. The predicted octanol–water partition coefficient (Wildman–Crippen LogP) is 3.31. The van der Waals surface area contributed by atoms with E-state index in [1.165, 1.54) is 0 Å². The number of rotatable bonds is 3. The molecule has 0 bridgehead atoms. The van der Waals surface area contributed by atoms with Crippen LogP contribution in [-0.2, 0) is 6.54 Å². The molecule has 1 aromatic carbocycles. The molecule has 0 unspecified atom stereocenters. The number of hydrogen-bond donors (Lipinski definition) is 1. The van der Waals surface area contributed by atoms with E-state index in [9.17, 15) is 0 Å². The third-order valence-electron chi connectivity index (χ3n) is 2.84. The van der Waals surface area contributed by atoms with E-state index in [1.807, 2.05) is 36.4 Å². The Morgan fingerprint density at radius 2 is 2.16 bits per heavy atom. The molecule has 92 valence electrons. The number of pyridine rings is 1. The van der Waals surface area contributed by atoms with Crippen LogP contribution in [0.4, 0.5) is 5.69 Å². The van der Waals surface area contributed by atoms with Crippen LogP contribution in [0.2, 0.25) is 0 Å². The average molecular weight is 249 g/mol. The number of nitrogens with one attached hydrogen (secondary N) is 1. The molecule has 2 aromatic heterocycles. The van der Waals surface area contributed by atoms with Gasteiger partial charge in [-0.15, -0.1) is 0 Å². The van der Waals surface area contributed by atoms with Crippen molar-refractivity contribution in [1.82, 2.24) is 4.98 Å². The molecular weight excluding hydrogens is 238 g/mol. The summed E-state index contributed by atoms with van der Waals surface area (Å²) in [6.45, 7) is 0.549. The van der Waals surface area contributed by atoms with Crippen molar-refractivity contribution in [2.24, 2.45) is 0 Å². The first-order valence-electron chi connectivity index (χ1n) is 5.92. The van der Waals surface area contributed by atoms with Crippen LogP contribution in [-0.4, -0.2) is 4.98 Å². The van der Waals surface area contributed by atoms with Gasteiger partial charge in [0.15, 0.2) is 0 Å². The van der Waals surface area contributed by atoms with Gasteiger partial charge >= 0.3 is 0 Å². The van der Waals surface area contributed by atoms with Crippen molar-refractivity contribution in [3.8, 4) is 6.07 Å². The number of nitrogens with zero attached hydrogens (tertiary/aromatic N) is 2. The van der Waals surface area contributed by atoms with Gasteiger partial charge < -0.3 is 9.73 Å². The standard InChI is InChI=1S/C15H11N3O/c16-9-13-4-5-14(19-13)10-18-12-3-6-15-11(8-12)2-1-7-17-15/h1-8,18H,10H2. The molecule has 4 nitrogen and oxygen atoms in total. The van der Waals surface area contributed by atoms with Crippen molar-refractivity contribution in [1.29, 1.82) is 5.26 Å². The number of hydrogen-bond acceptors (Lipinski definition) is 4. The van der Waals surface area contributed by atoms with Gasteiger partial charge in [-0.05, 0) is 36.4 Å². The van der Waals surface area contributed by atoms with E-state index in [2.05, 4.69) is 10.3 Å². The monoisotopic (exact) mass is 249 g/mol. The highest BCUT2D eigenvalue weighted by Crippen LogP contribution is 2.18. The average Bonchev–Trinajstić information content (AvgIpc) is 2.93. The smallest absolute Gasteiger partial charge is 0.203 e. The summed E-state index contributed by atoms with van der Waals surface area (Å²) in [7, 11) is 0. The Hall–Kier alpha value is -2.80. The Bertz CT molecular complexity index is 755. The first kappa shape index (κ1) is 11.3. The molecule has 0 fully saturated rings. The van der Waals surface area contributed by atoms with Gasteiger partial charge in [0.25, 0.3) is 0 Å². The molecule has 19 heavy (non-hydrogen) atoms. The van der Waals surface area contributed by atoms with Crippen LogP contribution < -0.4 is 5.32 Å². The molecule has 1 N–H and O–H groups in total. The molecule has 4 heteroatoms. The van der Waals surface area contributed by atoms with E-state index in [0.29, 0.717) is 12.3 Å². The van der Waals surface area contributed by atoms with Gasteiger partial charge in [-0.1, -0.05) is 6.07 Å². The summed E-state index contributed by atoms with van der Waals surface area (Å²) in [6.07, 6.45) is 1.78. The fourth-order valence-corrected chi connectivity index (χ4v) is 1.91. The molecule has 0 aliphatic heterocycles. The van der Waals surface area contributed by atoms with E-state index in [1.54, 1.807) is 18.3 Å². The summed E-state index contributed by atoms with van der Waals surface area (Å²) in [5.74, 6) is 1.07. The van der Waals surface area contributed by atoms with E-state index in [-0.39, 0.29) is 0 Å². The second kappa shape index (κ2) is 4.83. The highest BCUT2D eigenvalue weighted by Gasteiger charge is 2.01. The molecule has 0 saturated carbocycles. The lowest BCUT2D eigenvalue weighted by Crippen LogP contribution is -1.97. The Balaban J connectivity index is 1.76. The Morgan fingerprint density at radius 3 is 3.00 bits per heavy atom. The first-order valence-corrected chi connectivity index (χ1v) is 5.92. The maximum atomic E-state index is 8.68. The quantitative estimate of drug-likeness (QED) is 0.773. The summed E-state index contributed by atoms with van der Waals surface area (Å²) < 4.78 is 5.31. The Morgan fingerprint density at radius 1 is 1.21 bits per heavy atom. The second-order valence-electron chi connectivity index (χ2n) is 4.14. The van der Waals surface area contributed by atoms with E-state index in [4.69, 9.17) is 9.68 Å². The van der Waals surface area contributed by atoms with Gasteiger partial charge in [-0.3, -0.25) is 4.98 Å². The van der Waals surface area contributed by atoms with Crippen LogP contribution in [0, 0.1) is 11.3 Å². The molecule has 0 amide bonds. The van der Waals surface area contributed by atoms with Gasteiger partial charge in [0.1, 0.15) is 11.8 Å². The van der Waals surface area contributed by atoms with Gasteiger partial charge in [0.2, 0.25) is 5.76 Å². The lowest BCUT2D eigenvalue weighted by molar-refractivity contribution is 0.506. The number of benzene rings is 1. The van der Waals surface area contributed by atoms with Crippen molar-refractivity contribution < 1.29 is 4.42 Å². The number of anilines is 1. The Labute approximate surface area is 110 Å². The van der Waals surface area contributed by atoms with Crippen LogP contribution in [0.15, 0.2) is 53.1 Å². The summed E-state index contributed by atoms with van der Waals surface area (Å²) in [5, 5.41) is 13.0. The minimum absolute atomic E-state index is 0.333. The summed E-state index contributed by atoms with van der Waals surface area (Å²) >= 11 is 0. The molecule has 0 spiro atoms. The van der Waals surface area contributed by atoms with Crippen LogP contribution in [0.1, 0.15) is 11.5 Å². The molecule has 0 aliphatic carbocycles. The van der Waals surface area contributed by atoms with Crippen LogP contribution >= 0.6 is 0 Å². The molecule has 0 radical (unpaired) electrons. The molecule has 3 rings (SSSR count). The molecule has 2 heterocycles. The second-order valence-corrected chi connectivity index (χ2v) is 4.14. The van der Waals surface area contributed by atoms with Gasteiger partial charge in [-0.25, -0.2) is 0 Å². The van der Waals surface area contributed by atoms with Crippen molar-refractivity contribution in [3.05, 3.63) is 60.2 Å². The lowest BCUT2D eigenvalue weighted by Gasteiger charge is -2.05. The summed E-state index contributed by atoms with van der Waals surface area (Å²) in [5.41, 5.74) is 1.97. The molecule has 0 atom stereocenters. The zero-order valence-electron chi connectivity index (χ0n) is 10.1. The van der Waals surface area contributed by atoms with E-state index in [0.717, 1.165) is 22.4 Å². The number of nitriles is 1.